The van der Waals surface area contributed by atoms with Crippen molar-refractivity contribution in [3.8, 4) is 0 Å². The lowest BCUT2D eigenvalue weighted by atomic mass is 9.85. The predicted molar refractivity (Wildman–Crippen MR) is 56.1 cm³/mol. The Bertz CT molecular complexity index is 226. The van der Waals surface area contributed by atoms with Gasteiger partial charge >= 0.3 is 0 Å². The van der Waals surface area contributed by atoms with E-state index in [2.05, 4.69) is 6.08 Å². The molecule has 1 saturated heterocycles. The zero-order valence-corrected chi connectivity index (χ0v) is 8.96. The first kappa shape index (κ1) is 10.2. The molecule has 14 heavy (non-hydrogen) atoms. The van der Waals surface area contributed by atoms with Gasteiger partial charge in [0, 0.05) is 6.61 Å². The number of aliphatic hydroxyl groups excluding tert-OH is 1. The molecule has 2 atom stereocenters. The van der Waals surface area contributed by atoms with Gasteiger partial charge < -0.3 is 9.84 Å². The first-order valence-electron chi connectivity index (χ1n) is 5.73. The van der Waals surface area contributed by atoms with E-state index >= 15 is 0 Å². The van der Waals surface area contributed by atoms with E-state index in [9.17, 15) is 5.11 Å². The van der Waals surface area contributed by atoms with Crippen LogP contribution in [0.15, 0.2) is 11.6 Å². The number of hydrogen-bond acceptors (Lipinski definition) is 2. The molecule has 2 nitrogen and oxygen atoms in total. The molecule has 0 spiro atoms. The SMILES string of the molecule is CC1(C(O)C2=CCCCC2)CCCO1. The van der Waals surface area contributed by atoms with Gasteiger partial charge in [-0.2, -0.15) is 0 Å². The van der Waals surface area contributed by atoms with Crippen molar-refractivity contribution in [1.82, 2.24) is 0 Å². The number of aliphatic hydroxyl groups is 1. The number of allylic oxidation sites excluding steroid dienone is 1. The van der Waals surface area contributed by atoms with Crippen LogP contribution in [0.1, 0.15) is 45.4 Å². The molecular formula is C12H20O2. The molecule has 0 aromatic heterocycles. The van der Waals surface area contributed by atoms with Gasteiger partial charge in [-0.3, -0.25) is 0 Å². The number of ether oxygens (including phenoxy) is 1. The molecule has 0 amide bonds. The lowest BCUT2D eigenvalue weighted by molar-refractivity contribution is -0.0630. The maximum atomic E-state index is 10.2. The summed E-state index contributed by atoms with van der Waals surface area (Å²) in [5.74, 6) is 0. The Kier molecular flexibility index (Phi) is 2.93. The van der Waals surface area contributed by atoms with Crippen molar-refractivity contribution in [3.63, 3.8) is 0 Å². The second kappa shape index (κ2) is 4.03. The van der Waals surface area contributed by atoms with Crippen LogP contribution in [0.25, 0.3) is 0 Å². The maximum absolute atomic E-state index is 10.2. The summed E-state index contributed by atoms with van der Waals surface area (Å²) in [4.78, 5) is 0. The first-order valence-corrected chi connectivity index (χ1v) is 5.73. The van der Waals surface area contributed by atoms with Gasteiger partial charge in [-0.25, -0.2) is 0 Å². The zero-order chi connectivity index (χ0) is 10.0. The summed E-state index contributed by atoms with van der Waals surface area (Å²) in [7, 11) is 0. The largest absolute Gasteiger partial charge is 0.386 e. The van der Waals surface area contributed by atoms with E-state index in [0.29, 0.717) is 0 Å². The van der Waals surface area contributed by atoms with Crippen LogP contribution in [0.3, 0.4) is 0 Å². The molecule has 0 aromatic carbocycles. The monoisotopic (exact) mass is 196 g/mol. The van der Waals surface area contributed by atoms with Gasteiger partial charge in [0.15, 0.2) is 0 Å². The van der Waals surface area contributed by atoms with Crippen LogP contribution in [-0.4, -0.2) is 23.4 Å². The molecule has 2 unspecified atom stereocenters. The van der Waals surface area contributed by atoms with E-state index in [4.69, 9.17) is 4.74 Å². The van der Waals surface area contributed by atoms with Crippen molar-refractivity contribution < 1.29 is 9.84 Å². The minimum Gasteiger partial charge on any atom is -0.386 e. The van der Waals surface area contributed by atoms with Gasteiger partial charge in [-0.15, -0.1) is 0 Å². The van der Waals surface area contributed by atoms with Gasteiger partial charge in [0.1, 0.15) is 6.10 Å². The Labute approximate surface area is 86.0 Å². The third-order valence-corrected chi connectivity index (χ3v) is 3.51. The minimum absolute atomic E-state index is 0.302. The Morgan fingerprint density at radius 1 is 1.43 bits per heavy atom. The fraction of sp³-hybridized carbons (Fsp3) is 0.833. The molecule has 0 saturated carbocycles. The zero-order valence-electron chi connectivity index (χ0n) is 8.96. The van der Waals surface area contributed by atoms with Crippen molar-refractivity contribution >= 4 is 0 Å². The number of hydrogen-bond donors (Lipinski definition) is 1. The van der Waals surface area contributed by atoms with E-state index in [1.165, 1.54) is 18.4 Å². The highest BCUT2D eigenvalue weighted by Crippen LogP contribution is 2.34. The molecule has 80 valence electrons. The van der Waals surface area contributed by atoms with Gasteiger partial charge in [-0.05, 0) is 51.0 Å². The van der Waals surface area contributed by atoms with Gasteiger partial charge in [-0.1, -0.05) is 6.08 Å². The summed E-state index contributed by atoms with van der Waals surface area (Å²) in [6, 6.07) is 0. The van der Waals surface area contributed by atoms with Crippen molar-refractivity contribution in [2.45, 2.75) is 57.2 Å². The quantitative estimate of drug-likeness (QED) is 0.687. The Morgan fingerprint density at radius 2 is 2.29 bits per heavy atom. The lowest BCUT2D eigenvalue weighted by Gasteiger charge is -2.32. The normalized spacial score (nSPS) is 35.4. The summed E-state index contributed by atoms with van der Waals surface area (Å²) in [6.07, 6.45) is 8.59. The lowest BCUT2D eigenvalue weighted by Crippen LogP contribution is -2.40. The van der Waals surface area contributed by atoms with Crippen molar-refractivity contribution in [3.05, 3.63) is 11.6 Å². The van der Waals surface area contributed by atoms with Crippen molar-refractivity contribution in [2.75, 3.05) is 6.61 Å². The standard InChI is InChI=1S/C12H20O2/c1-12(8-5-9-14-12)11(13)10-6-3-2-4-7-10/h6,11,13H,2-5,7-9H2,1H3. The Balaban J connectivity index is 2.05. The van der Waals surface area contributed by atoms with E-state index in [1.807, 2.05) is 6.92 Å². The van der Waals surface area contributed by atoms with Crippen molar-refractivity contribution in [2.24, 2.45) is 0 Å². The van der Waals surface area contributed by atoms with Crippen LogP contribution < -0.4 is 0 Å². The minimum atomic E-state index is -0.370. The van der Waals surface area contributed by atoms with Gasteiger partial charge in [0.25, 0.3) is 0 Å². The molecule has 2 heteroatoms. The fourth-order valence-electron chi connectivity index (χ4n) is 2.52. The first-order chi connectivity index (χ1) is 6.72. The van der Waals surface area contributed by atoms with Crippen LogP contribution in [0.2, 0.25) is 0 Å². The number of rotatable bonds is 2. The highest BCUT2D eigenvalue weighted by Gasteiger charge is 2.39. The Morgan fingerprint density at radius 3 is 2.86 bits per heavy atom. The summed E-state index contributed by atoms with van der Waals surface area (Å²) in [5.41, 5.74) is 0.907. The molecule has 0 aromatic rings. The van der Waals surface area contributed by atoms with E-state index in [0.717, 1.165) is 32.3 Å². The van der Waals surface area contributed by atoms with Crippen LogP contribution in [-0.2, 0) is 4.74 Å². The molecule has 2 aliphatic rings. The molecular weight excluding hydrogens is 176 g/mol. The third-order valence-electron chi connectivity index (χ3n) is 3.51. The van der Waals surface area contributed by atoms with Crippen LogP contribution in [0.5, 0.6) is 0 Å². The second-order valence-electron chi connectivity index (χ2n) is 4.69. The van der Waals surface area contributed by atoms with E-state index in [-0.39, 0.29) is 11.7 Å². The molecule has 1 N–H and O–H groups in total. The Hall–Kier alpha value is -0.340. The predicted octanol–water partition coefficient (Wildman–Crippen LogP) is 2.42. The molecule has 1 fully saturated rings. The summed E-state index contributed by atoms with van der Waals surface area (Å²) >= 11 is 0. The van der Waals surface area contributed by atoms with Crippen LogP contribution >= 0.6 is 0 Å². The molecule has 1 aliphatic heterocycles. The topological polar surface area (TPSA) is 29.5 Å². The van der Waals surface area contributed by atoms with Gasteiger partial charge in [0.2, 0.25) is 0 Å². The van der Waals surface area contributed by atoms with E-state index in [1.54, 1.807) is 0 Å². The fourth-order valence-corrected chi connectivity index (χ4v) is 2.52. The second-order valence-corrected chi connectivity index (χ2v) is 4.69. The average Bonchev–Trinajstić information content (AvgIpc) is 2.67. The van der Waals surface area contributed by atoms with Crippen LogP contribution in [0.4, 0.5) is 0 Å². The van der Waals surface area contributed by atoms with E-state index < -0.39 is 0 Å². The molecule has 0 bridgehead atoms. The smallest absolute Gasteiger partial charge is 0.104 e. The highest BCUT2D eigenvalue weighted by atomic mass is 16.5. The molecule has 2 rings (SSSR count). The molecule has 1 aliphatic carbocycles. The molecule has 1 heterocycles. The third kappa shape index (κ3) is 1.86. The summed E-state index contributed by atoms with van der Waals surface area (Å²) in [6.45, 7) is 2.85. The van der Waals surface area contributed by atoms with Crippen molar-refractivity contribution in [1.29, 1.82) is 0 Å². The van der Waals surface area contributed by atoms with Crippen LogP contribution in [0, 0.1) is 0 Å². The highest BCUT2D eigenvalue weighted by molar-refractivity contribution is 5.16. The maximum Gasteiger partial charge on any atom is 0.104 e. The summed E-state index contributed by atoms with van der Waals surface area (Å²) < 4.78 is 5.66. The van der Waals surface area contributed by atoms with Gasteiger partial charge in [0.05, 0.1) is 5.60 Å². The average molecular weight is 196 g/mol. The summed E-state index contributed by atoms with van der Waals surface area (Å²) in [5, 5.41) is 10.2. The molecule has 0 radical (unpaired) electrons.